The fraction of sp³-hybridized carbons (Fsp3) is 0.318. The Hall–Kier alpha value is -2.83. The van der Waals surface area contributed by atoms with Crippen molar-refractivity contribution in [1.29, 1.82) is 0 Å². The van der Waals surface area contributed by atoms with Crippen LogP contribution in [0.15, 0.2) is 48.5 Å². The molecule has 3 aromatic rings. The topological polar surface area (TPSA) is 75.5 Å². The zero-order chi connectivity index (χ0) is 19.7. The minimum Gasteiger partial charge on any atom is -0.390 e. The molecule has 0 unspecified atom stereocenters. The highest BCUT2D eigenvalue weighted by molar-refractivity contribution is 5.93. The Bertz CT molecular complexity index is 1010. The van der Waals surface area contributed by atoms with Gasteiger partial charge in [-0.1, -0.05) is 24.3 Å². The third kappa shape index (κ3) is 3.48. The zero-order valence-electron chi connectivity index (χ0n) is 16.1. The predicted molar refractivity (Wildman–Crippen MR) is 110 cm³/mol. The van der Waals surface area contributed by atoms with Crippen LogP contribution in [-0.4, -0.2) is 35.5 Å². The fourth-order valence-electron chi connectivity index (χ4n) is 4.02. The molecule has 6 heteroatoms. The SMILES string of the molecule is COCCn1c(C)cc2cc(NC(=O)N[C@@H]3c4ccccc4C[C@@H]3O)ccc21. The molecule has 3 N–H and O–H groups in total. The van der Waals surface area contributed by atoms with Crippen LogP contribution in [0.2, 0.25) is 0 Å². The molecule has 2 aromatic carbocycles. The molecule has 0 spiro atoms. The number of urea groups is 1. The van der Waals surface area contributed by atoms with Crippen LogP contribution in [0.1, 0.15) is 22.9 Å². The number of aliphatic hydroxyl groups excluding tert-OH is 1. The summed E-state index contributed by atoms with van der Waals surface area (Å²) in [7, 11) is 1.70. The van der Waals surface area contributed by atoms with Gasteiger partial charge < -0.3 is 25.0 Å². The van der Waals surface area contributed by atoms with E-state index in [1.54, 1.807) is 7.11 Å². The van der Waals surface area contributed by atoms with Gasteiger partial charge in [0.15, 0.2) is 0 Å². The monoisotopic (exact) mass is 379 g/mol. The molecule has 28 heavy (non-hydrogen) atoms. The minimum atomic E-state index is -0.608. The highest BCUT2D eigenvalue weighted by Gasteiger charge is 2.31. The number of aliphatic hydroxyl groups is 1. The van der Waals surface area contributed by atoms with Crippen LogP contribution in [0.4, 0.5) is 10.5 Å². The minimum absolute atomic E-state index is 0.323. The summed E-state index contributed by atoms with van der Waals surface area (Å²) in [5.41, 5.74) is 5.04. The van der Waals surface area contributed by atoms with E-state index >= 15 is 0 Å². The maximum Gasteiger partial charge on any atom is 0.319 e. The van der Waals surface area contributed by atoms with E-state index in [1.807, 2.05) is 42.5 Å². The van der Waals surface area contributed by atoms with Gasteiger partial charge in [0.1, 0.15) is 0 Å². The number of hydrogen-bond acceptors (Lipinski definition) is 3. The average Bonchev–Trinajstić information content (AvgIpc) is 3.15. The Morgan fingerprint density at radius 2 is 2.07 bits per heavy atom. The molecule has 2 atom stereocenters. The molecular formula is C22H25N3O3. The van der Waals surface area contributed by atoms with E-state index in [-0.39, 0.29) is 6.03 Å². The van der Waals surface area contributed by atoms with Crippen LogP contribution in [-0.2, 0) is 17.7 Å². The van der Waals surface area contributed by atoms with Gasteiger partial charge in [-0.25, -0.2) is 4.79 Å². The second-order valence-electron chi connectivity index (χ2n) is 7.25. The molecule has 0 saturated heterocycles. The van der Waals surface area contributed by atoms with Crippen LogP contribution in [0, 0.1) is 6.92 Å². The number of ether oxygens (including phenoxy) is 1. The number of rotatable bonds is 5. The molecule has 1 aromatic heterocycles. The summed E-state index contributed by atoms with van der Waals surface area (Å²) >= 11 is 0. The highest BCUT2D eigenvalue weighted by Crippen LogP contribution is 2.31. The van der Waals surface area contributed by atoms with Crippen LogP contribution in [0.5, 0.6) is 0 Å². The molecule has 1 aliphatic rings. The van der Waals surface area contributed by atoms with Gasteiger partial charge in [0.25, 0.3) is 0 Å². The number of aromatic nitrogens is 1. The number of anilines is 1. The van der Waals surface area contributed by atoms with Gasteiger partial charge in [-0.3, -0.25) is 0 Å². The summed E-state index contributed by atoms with van der Waals surface area (Å²) < 4.78 is 7.39. The molecule has 2 amide bonds. The smallest absolute Gasteiger partial charge is 0.319 e. The number of hydrogen-bond donors (Lipinski definition) is 3. The van der Waals surface area contributed by atoms with Crippen molar-refractivity contribution in [3.63, 3.8) is 0 Å². The number of nitrogens with one attached hydrogen (secondary N) is 2. The number of carbonyl (C=O) groups is 1. The van der Waals surface area contributed by atoms with Gasteiger partial charge in [0.05, 0.1) is 18.8 Å². The quantitative estimate of drug-likeness (QED) is 0.636. The molecule has 0 aliphatic heterocycles. The van der Waals surface area contributed by atoms with E-state index in [0.717, 1.165) is 40.0 Å². The van der Waals surface area contributed by atoms with E-state index < -0.39 is 12.1 Å². The predicted octanol–water partition coefficient (Wildman–Crippen LogP) is 3.38. The number of aryl methyl sites for hydroxylation is 1. The Morgan fingerprint density at radius 3 is 2.89 bits per heavy atom. The summed E-state index contributed by atoms with van der Waals surface area (Å²) in [5.74, 6) is 0. The molecule has 0 bridgehead atoms. The maximum atomic E-state index is 12.5. The lowest BCUT2D eigenvalue weighted by Gasteiger charge is -2.18. The van der Waals surface area contributed by atoms with Gasteiger partial charge in [0.2, 0.25) is 0 Å². The van der Waals surface area contributed by atoms with Gasteiger partial charge in [0, 0.05) is 42.4 Å². The normalized spacial score (nSPS) is 18.2. The molecule has 0 saturated carbocycles. The largest absolute Gasteiger partial charge is 0.390 e. The van der Waals surface area contributed by atoms with E-state index in [2.05, 4.69) is 28.2 Å². The van der Waals surface area contributed by atoms with Crippen molar-refractivity contribution >= 4 is 22.6 Å². The first-order valence-electron chi connectivity index (χ1n) is 9.49. The number of nitrogens with zero attached hydrogens (tertiary/aromatic N) is 1. The lowest BCUT2D eigenvalue weighted by Crippen LogP contribution is -2.36. The Labute approximate surface area is 164 Å². The number of methoxy groups -OCH3 is 1. The molecule has 0 radical (unpaired) electrons. The van der Waals surface area contributed by atoms with E-state index in [4.69, 9.17) is 4.74 Å². The van der Waals surface area contributed by atoms with Crippen molar-refractivity contribution in [1.82, 2.24) is 9.88 Å². The number of fused-ring (bicyclic) bond motifs is 2. The summed E-state index contributed by atoms with van der Waals surface area (Å²) in [6.07, 6.45) is -0.0514. The standard InChI is InChI=1S/C22H25N3O3/c1-14-11-16-12-17(7-8-19(16)25(14)9-10-28-2)23-22(27)24-21-18-6-4-3-5-15(18)13-20(21)26/h3-8,11-12,20-21,26H,9-10,13H2,1-2H3,(H2,23,24,27)/t20-,21+/m0/s1. The third-order valence-electron chi connectivity index (χ3n) is 5.38. The van der Waals surface area contributed by atoms with Crippen molar-refractivity contribution in [2.75, 3.05) is 19.0 Å². The van der Waals surface area contributed by atoms with Crippen LogP contribution < -0.4 is 10.6 Å². The second kappa shape index (κ2) is 7.66. The van der Waals surface area contributed by atoms with Crippen molar-refractivity contribution in [2.24, 2.45) is 0 Å². The van der Waals surface area contributed by atoms with E-state index in [9.17, 15) is 9.90 Å². The lowest BCUT2D eigenvalue weighted by atomic mass is 10.1. The molecular weight excluding hydrogens is 354 g/mol. The van der Waals surface area contributed by atoms with Crippen molar-refractivity contribution in [3.8, 4) is 0 Å². The molecule has 4 rings (SSSR count). The summed E-state index contributed by atoms with van der Waals surface area (Å²) in [5, 5.41) is 17.2. The molecule has 1 aliphatic carbocycles. The van der Waals surface area contributed by atoms with Crippen molar-refractivity contribution in [2.45, 2.75) is 32.0 Å². The third-order valence-corrected chi connectivity index (χ3v) is 5.38. The molecule has 146 valence electrons. The van der Waals surface area contributed by atoms with Crippen molar-refractivity contribution in [3.05, 3.63) is 65.4 Å². The molecule has 0 fully saturated rings. The number of benzene rings is 2. The maximum absolute atomic E-state index is 12.5. The number of carbonyl (C=O) groups excluding carboxylic acids is 1. The van der Waals surface area contributed by atoms with Gasteiger partial charge in [-0.05, 0) is 42.3 Å². The van der Waals surface area contributed by atoms with E-state index in [0.29, 0.717) is 13.0 Å². The first-order valence-corrected chi connectivity index (χ1v) is 9.49. The Morgan fingerprint density at radius 1 is 1.25 bits per heavy atom. The van der Waals surface area contributed by atoms with Crippen molar-refractivity contribution < 1.29 is 14.6 Å². The van der Waals surface area contributed by atoms with Crippen LogP contribution in [0.3, 0.4) is 0 Å². The van der Waals surface area contributed by atoms with Crippen LogP contribution >= 0.6 is 0 Å². The van der Waals surface area contributed by atoms with Gasteiger partial charge in [-0.15, -0.1) is 0 Å². The first-order chi connectivity index (χ1) is 13.6. The van der Waals surface area contributed by atoms with Gasteiger partial charge >= 0.3 is 6.03 Å². The van der Waals surface area contributed by atoms with Crippen LogP contribution in [0.25, 0.3) is 10.9 Å². The summed E-state index contributed by atoms with van der Waals surface area (Å²) in [6.45, 7) is 3.50. The summed E-state index contributed by atoms with van der Waals surface area (Å²) in [4.78, 5) is 12.5. The zero-order valence-corrected chi connectivity index (χ0v) is 16.1. The number of amides is 2. The Balaban J connectivity index is 1.48. The van der Waals surface area contributed by atoms with E-state index in [1.165, 1.54) is 0 Å². The first kappa shape index (κ1) is 18.5. The molecule has 6 nitrogen and oxygen atoms in total. The second-order valence-corrected chi connectivity index (χ2v) is 7.25. The average molecular weight is 379 g/mol. The lowest BCUT2D eigenvalue weighted by molar-refractivity contribution is 0.144. The summed E-state index contributed by atoms with van der Waals surface area (Å²) in [6, 6.07) is 15.1. The fourth-order valence-corrected chi connectivity index (χ4v) is 4.02. The van der Waals surface area contributed by atoms with Gasteiger partial charge in [-0.2, -0.15) is 0 Å². The molecule has 1 heterocycles. The Kier molecular flexibility index (Phi) is 5.07. The highest BCUT2D eigenvalue weighted by atomic mass is 16.5.